The van der Waals surface area contributed by atoms with Crippen molar-refractivity contribution < 1.29 is 4.74 Å². The van der Waals surface area contributed by atoms with Gasteiger partial charge in [0, 0.05) is 51.6 Å². The molecule has 0 amide bonds. The topological polar surface area (TPSA) is 21.3 Å². The van der Waals surface area contributed by atoms with E-state index in [0.29, 0.717) is 6.04 Å². The molecular formula is C14H18BrNOS2. The molecule has 2 aliphatic rings. The molecule has 0 saturated carbocycles. The lowest BCUT2D eigenvalue weighted by atomic mass is 10.0. The molecule has 104 valence electrons. The molecule has 1 saturated heterocycles. The monoisotopic (exact) mass is 359 g/mol. The van der Waals surface area contributed by atoms with Crippen molar-refractivity contribution in [2.24, 2.45) is 0 Å². The van der Waals surface area contributed by atoms with Crippen LogP contribution in [0.15, 0.2) is 22.7 Å². The zero-order chi connectivity index (χ0) is 13.1. The number of hydrogen-bond acceptors (Lipinski definition) is 4. The van der Waals surface area contributed by atoms with Gasteiger partial charge in [-0.25, -0.2) is 0 Å². The molecule has 1 aromatic carbocycles. The Bertz CT molecular complexity index is 437. The van der Waals surface area contributed by atoms with Gasteiger partial charge in [0.1, 0.15) is 5.75 Å². The van der Waals surface area contributed by atoms with E-state index in [1.54, 1.807) is 0 Å². The van der Waals surface area contributed by atoms with Crippen molar-refractivity contribution in [3.05, 3.63) is 28.2 Å². The second kappa shape index (κ2) is 6.74. The van der Waals surface area contributed by atoms with Crippen LogP contribution < -0.4 is 10.1 Å². The third kappa shape index (κ3) is 3.63. The third-order valence-corrected chi connectivity index (χ3v) is 6.83. The number of thioether (sulfide) groups is 2. The molecule has 2 atom stereocenters. The van der Waals surface area contributed by atoms with Gasteiger partial charge in [-0.2, -0.15) is 23.5 Å². The molecule has 0 spiro atoms. The highest BCUT2D eigenvalue weighted by atomic mass is 79.9. The quantitative estimate of drug-likeness (QED) is 0.887. The molecule has 1 N–H and O–H groups in total. The average molecular weight is 360 g/mol. The lowest BCUT2D eigenvalue weighted by molar-refractivity contribution is 0.253. The summed E-state index contributed by atoms with van der Waals surface area (Å²) in [7, 11) is 0. The number of rotatable bonds is 3. The smallest absolute Gasteiger partial charge is 0.124 e. The standard InChI is InChI=1S/C14H18BrNOS2/c15-10-1-2-14-12(7-10)13(3-4-17-14)16-8-11-9-18-5-6-19-11/h1-2,7,11,13,16H,3-6,8-9H2. The lowest BCUT2D eigenvalue weighted by Crippen LogP contribution is -2.34. The van der Waals surface area contributed by atoms with Crippen LogP contribution in [0.25, 0.3) is 0 Å². The maximum absolute atomic E-state index is 5.73. The first-order valence-corrected chi connectivity index (χ1v) is 9.67. The first-order valence-electron chi connectivity index (χ1n) is 6.68. The van der Waals surface area contributed by atoms with Crippen molar-refractivity contribution in [1.82, 2.24) is 5.32 Å². The van der Waals surface area contributed by atoms with Gasteiger partial charge in [-0.05, 0) is 18.2 Å². The number of nitrogens with one attached hydrogen (secondary N) is 1. The van der Waals surface area contributed by atoms with Crippen LogP contribution in [0.1, 0.15) is 18.0 Å². The number of benzene rings is 1. The summed E-state index contributed by atoms with van der Waals surface area (Å²) in [5.41, 5.74) is 1.30. The molecule has 2 nitrogen and oxygen atoms in total. The van der Waals surface area contributed by atoms with E-state index in [0.717, 1.165) is 35.0 Å². The second-order valence-corrected chi connectivity index (χ2v) is 8.32. The van der Waals surface area contributed by atoms with Gasteiger partial charge in [-0.1, -0.05) is 15.9 Å². The van der Waals surface area contributed by atoms with Gasteiger partial charge in [0.25, 0.3) is 0 Å². The molecule has 2 aliphatic heterocycles. The van der Waals surface area contributed by atoms with Crippen molar-refractivity contribution in [2.45, 2.75) is 17.7 Å². The Balaban J connectivity index is 1.64. The maximum Gasteiger partial charge on any atom is 0.124 e. The van der Waals surface area contributed by atoms with E-state index >= 15 is 0 Å². The highest BCUT2D eigenvalue weighted by Crippen LogP contribution is 2.34. The summed E-state index contributed by atoms with van der Waals surface area (Å²) in [6, 6.07) is 6.75. The lowest BCUT2D eigenvalue weighted by Gasteiger charge is -2.29. The van der Waals surface area contributed by atoms with E-state index < -0.39 is 0 Å². The van der Waals surface area contributed by atoms with Crippen LogP contribution >= 0.6 is 39.5 Å². The summed E-state index contributed by atoms with van der Waals surface area (Å²) in [6.07, 6.45) is 1.06. The molecule has 1 fully saturated rings. The van der Waals surface area contributed by atoms with E-state index in [1.807, 2.05) is 0 Å². The number of hydrogen-bond donors (Lipinski definition) is 1. The minimum absolute atomic E-state index is 0.439. The zero-order valence-corrected chi connectivity index (χ0v) is 14.0. The molecule has 2 heterocycles. The van der Waals surface area contributed by atoms with Crippen molar-refractivity contribution in [3.8, 4) is 5.75 Å². The predicted molar refractivity (Wildman–Crippen MR) is 88.6 cm³/mol. The van der Waals surface area contributed by atoms with E-state index in [2.05, 4.69) is 63.0 Å². The highest BCUT2D eigenvalue weighted by Gasteiger charge is 2.23. The average Bonchev–Trinajstić information content (AvgIpc) is 2.46. The van der Waals surface area contributed by atoms with Gasteiger partial charge in [-0.3, -0.25) is 0 Å². The van der Waals surface area contributed by atoms with Crippen LogP contribution in [-0.4, -0.2) is 35.7 Å². The molecule has 3 rings (SSSR count). The van der Waals surface area contributed by atoms with Gasteiger partial charge in [0.2, 0.25) is 0 Å². The van der Waals surface area contributed by atoms with Crippen molar-refractivity contribution in [1.29, 1.82) is 0 Å². The second-order valence-electron chi connectivity index (χ2n) is 4.85. The van der Waals surface area contributed by atoms with Crippen LogP contribution in [0.3, 0.4) is 0 Å². The number of ether oxygens (including phenoxy) is 1. The van der Waals surface area contributed by atoms with Gasteiger partial charge in [0.15, 0.2) is 0 Å². The van der Waals surface area contributed by atoms with Crippen LogP contribution in [-0.2, 0) is 0 Å². The Kier molecular flexibility index (Phi) is 5.01. The molecule has 0 aromatic heterocycles. The Hall–Kier alpha value is 0.160. The summed E-state index contributed by atoms with van der Waals surface area (Å²) < 4.78 is 6.86. The Labute approximate surface area is 131 Å². The van der Waals surface area contributed by atoms with Crippen molar-refractivity contribution in [2.75, 3.05) is 30.4 Å². The van der Waals surface area contributed by atoms with Gasteiger partial charge in [0.05, 0.1) is 6.61 Å². The third-order valence-electron chi connectivity index (χ3n) is 3.49. The summed E-state index contributed by atoms with van der Waals surface area (Å²) in [5, 5.41) is 4.50. The maximum atomic E-state index is 5.73. The molecule has 19 heavy (non-hydrogen) atoms. The first kappa shape index (κ1) is 14.1. The summed E-state index contributed by atoms with van der Waals surface area (Å²) in [4.78, 5) is 0. The molecule has 0 bridgehead atoms. The fraction of sp³-hybridized carbons (Fsp3) is 0.571. The zero-order valence-electron chi connectivity index (χ0n) is 10.7. The Morgan fingerprint density at radius 3 is 3.16 bits per heavy atom. The largest absolute Gasteiger partial charge is 0.493 e. The van der Waals surface area contributed by atoms with E-state index in [1.165, 1.54) is 22.8 Å². The molecule has 2 unspecified atom stereocenters. The predicted octanol–water partition coefficient (Wildman–Crippen LogP) is 3.71. The van der Waals surface area contributed by atoms with Crippen LogP contribution in [0.4, 0.5) is 0 Å². The van der Waals surface area contributed by atoms with E-state index in [9.17, 15) is 0 Å². The Morgan fingerprint density at radius 1 is 1.37 bits per heavy atom. The fourth-order valence-electron chi connectivity index (χ4n) is 2.51. The molecule has 5 heteroatoms. The van der Waals surface area contributed by atoms with Gasteiger partial charge < -0.3 is 10.1 Å². The van der Waals surface area contributed by atoms with Crippen LogP contribution in [0.5, 0.6) is 5.75 Å². The number of halogens is 1. The van der Waals surface area contributed by atoms with E-state index in [4.69, 9.17) is 4.74 Å². The van der Waals surface area contributed by atoms with E-state index in [-0.39, 0.29) is 0 Å². The molecular weight excluding hydrogens is 342 g/mol. The molecule has 0 radical (unpaired) electrons. The fourth-order valence-corrected chi connectivity index (χ4v) is 5.51. The Morgan fingerprint density at radius 2 is 2.32 bits per heavy atom. The summed E-state index contributed by atoms with van der Waals surface area (Å²) in [6.45, 7) is 1.92. The van der Waals surface area contributed by atoms with Crippen molar-refractivity contribution in [3.63, 3.8) is 0 Å². The number of fused-ring (bicyclic) bond motifs is 1. The van der Waals surface area contributed by atoms with Crippen LogP contribution in [0.2, 0.25) is 0 Å². The molecule has 1 aromatic rings. The summed E-state index contributed by atoms with van der Waals surface area (Å²) in [5.74, 6) is 4.94. The SMILES string of the molecule is Brc1ccc2c(c1)C(NCC1CSCCS1)CCO2. The van der Waals surface area contributed by atoms with Gasteiger partial charge in [-0.15, -0.1) is 0 Å². The minimum Gasteiger partial charge on any atom is -0.493 e. The summed E-state index contributed by atoms with van der Waals surface area (Å²) >= 11 is 7.75. The minimum atomic E-state index is 0.439. The van der Waals surface area contributed by atoms with Gasteiger partial charge >= 0.3 is 0 Å². The normalized spacial score (nSPS) is 26.6. The highest BCUT2D eigenvalue weighted by molar-refractivity contribution is 9.10. The first-order chi connectivity index (χ1) is 9.33. The molecule has 0 aliphatic carbocycles. The van der Waals surface area contributed by atoms with Crippen molar-refractivity contribution >= 4 is 39.5 Å². The van der Waals surface area contributed by atoms with Crippen LogP contribution in [0, 0.1) is 0 Å².